The summed E-state index contributed by atoms with van der Waals surface area (Å²) >= 11 is 0. The number of hydrogen-bond acceptors (Lipinski definition) is 5. The fourth-order valence-electron chi connectivity index (χ4n) is 2.61. The van der Waals surface area contributed by atoms with E-state index in [4.69, 9.17) is 4.74 Å². The van der Waals surface area contributed by atoms with Gasteiger partial charge in [0, 0.05) is 29.6 Å². The first-order valence-corrected chi connectivity index (χ1v) is 8.42. The Kier molecular flexibility index (Phi) is 6.32. The summed E-state index contributed by atoms with van der Waals surface area (Å²) < 4.78 is 6.57. The molecule has 2 rings (SSSR count). The molecular formula is C17H24N4O4. The van der Waals surface area contributed by atoms with Crippen molar-refractivity contribution < 1.29 is 14.3 Å². The van der Waals surface area contributed by atoms with Crippen molar-refractivity contribution in [2.75, 3.05) is 13.2 Å². The Labute approximate surface area is 145 Å². The van der Waals surface area contributed by atoms with Gasteiger partial charge in [0.25, 0.3) is 11.5 Å². The highest BCUT2D eigenvalue weighted by Crippen LogP contribution is 2.14. The number of H-pyrrole nitrogens is 1. The van der Waals surface area contributed by atoms with Crippen LogP contribution in [0.5, 0.6) is 0 Å². The van der Waals surface area contributed by atoms with Gasteiger partial charge < -0.3 is 10.1 Å². The highest BCUT2D eigenvalue weighted by atomic mass is 16.5. The van der Waals surface area contributed by atoms with Crippen molar-refractivity contribution in [2.24, 2.45) is 0 Å². The highest BCUT2D eigenvalue weighted by Gasteiger charge is 2.15. The van der Waals surface area contributed by atoms with Crippen LogP contribution in [-0.4, -0.2) is 39.6 Å². The molecule has 2 aromatic heterocycles. The third-order valence-electron chi connectivity index (χ3n) is 3.99. The van der Waals surface area contributed by atoms with Crippen LogP contribution in [0.1, 0.15) is 43.1 Å². The average molecular weight is 348 g/mol. The smallest absolute Gasteiger partial charge is 0.310 e. The highest BCUT2D eigenvalue weighted by molar-refractivity contribution is 5.81. The monoisotopic (exact) mass is 348 g/mol. The van der Waals surface area contributed by atoms with Gasteiger partial charge in [-0.05, 0) is 20.3 Å². The van der Waals surface area contributed by atoms with Crippen LogP contribution in [-0.2, 0) is 20.7 Å². The summed E-state index contributed by atoms with van der Waals surface area (Å²) in [4.78, 5) is 39.4. The van der Waals surface area contributed by atoms with Gasteiger partial charge in [-0.1, -0.05) is 19.8 Å². The SMILES string of the molecule is CCCCCNC(=O)COC(=O)Cc1c(C)nc2cc(=O)[nH]n2c1C. The quantitative estimate of drug-likeness (QED) is 0.547. The predicted molar refractivity (Wildman–Crippen MR) is 92.5 cm³/mol. The number of amides is 1. The molecular weight excluding hydrogens is 324 g/mol. The maximum atomic E-state index is 12.0. The molecule has 0 aliphatic carbocycles. The van der Waals surface area contributed by atoms with E-state index in [1.807, 2.05) is 0 Å². The molecule has 0 aliphatic rings. The molecule has 0 saturated carbocycles. The number of aromatic nitrogens is 3. The van der Waals surface area contributed by atoms with Gasteiger partial charge in [0.1, 0.15) is 0 Å². The van der Waals surface area contributed by atoms with Crippen LogP contribution >= 0.6 is 0 Å². The second-order valence-corrected chi connectivity index (χ2v) is 5.97. The Bertz CT molecular complexity index is 822. The molecule has 0 fully saturated rings. The van der Waals surface area contributed by atoms with Gasteiger partial charge in [0.2, 0.25) is 0 Å². The van der Waals surface area contributed by atoms with E-state index in [1.165, 1.54) is 6.07 Å². The molecule has 0 bridgehead atoms. The Hall–Kier alpha value is -2.64. The van der Waals surface area contributed by atoms with Crippen LogP contribution < -0.4 is 10.9 Å². The second kappa shape index (κ2) is 8.46. The lowest BCUT2D eigenvalue weighted by atomic mass is 10.1. The van der Waals surface area contributed by atoms with Crippen LogP contribution in [0.2, 0.25) is 0 Å². The minimum Gasteiger partial charge on any atom is -0.455 e. The van der Waals surface area contributed by atoms with Gasteiger partial charge in [-0.3, -0.25) is 19.5 Å². The van der Waals surface area contributed by atoms with Crippen molar-refractivity contribution in [1.82, 2.24) is 19.9 Å². The number of nitrogens with zero attached hydrogens (tertiary/aromatic N) is 2. The van der Waals surface area contributed by atoms with E-state index >= 15 is 0 Å². The third kappa shape index (κ3) is 4.91. The predicted octanol–water partition coefficient (Wildman–Crippen LogP) is 1.03. The second-order valence-electron chi connectivity index (χ2n) is 5.97. The molecule has 0 aliphatic heterocycles. The first-order chi connectivity index (χ1) is 11.9. The molecule has 2 aromatic rings. The minimum absolute atomic E-state index is 0.00999. The van der Waals surface area contributed by atoms with Crippen molar-refractivity contribution in [1.29, 1.82) is 0 Å². The van der Waals surface area contributed by atoms with Gasteiger partial charge in [0.05, 0.1) is 6.42 Å². The summed E-state index contributed by atoms with van der Waals surface area (Å²) in [5.41, 5.74) is 2.29. The summed E-state index contributed by atoms with van der Waals surface area (Å²) in [6.45, 7) is 5.94. The molecule has 0 saturated heterocycles. The van der Waals surface area contributed by atoms with Crippen molar-refractivity contribution in [3.63, 3.8) is 0 Å². The van der Waals surface area contributed by atoms with E-state index in [2.05, 4.69) is 22.3 Å². The zero-order valence-corrected chi connectivity index (χ0v) is 14.8. The number of unbranched alkanes of at least 4 members (excludes halogenated alkanes) is 2. The zero-order chi connectivity index (χ0) is 18.4. The van der Waals surface area contributed by atoms with Crippen molar-refractivity contribution in [3.05, 3.63) is 33.4 Å². The van der Waals surface area contributed by atoms with Crippen molar-refractivity contribution in [2.45, 2.75) is 46.5 Å². The Morgan fingerprint density at radius 3 is 2.80 bits per heavy atom. The van der Waals surface area contributed by atoms with E-state index in [0.717, 1.165) is 19.3 Å². The number of ether oxygens (including phenoxy) is 1. The summed E-state index contributed by atoms with van der Waals surface area (Å²) in [5.74, 6) is -0.813. The van der Waals surface area contributed by atoms with Gasteiger partial charge in [0.15, 0.2) is 12.3 Å². The molecule has 2 heterocycles. The number of carbonyl (C=O) groups excluding carboxylic acids is 2. The lowest BCUT2D eigenvalue weighted by molar-refractivity contribution is -0.147. The van der Waals surface area contributed by atoms with Gasteiger partial charge in [-0.15, -0.1) is 0 Å². The molecule has 0 radical (unpaired) electrons. The van der Waals surface area contributed by atoms with Crippen LogP contribution in [0.15, 0.2) is 10.9 Å². The summed E-state index contributed by atoms with van der Waals surface area (Å²) in [7, 11) is 0. The topological polar surface area (TPSA) is 106 Å². The summed E-state index contributed by atoms with van der Waals surface area (Å²) in [6.07, 6.45) is 3.03. The molecule has 8 nitrogen and oxygen atoms in total. The van der Waals surface area contributed by atoms with Crippen LogP contribution in [0.4, 0.5) is 0 Å². The first kappa shape index (κ1) is 18.7. The Morgan fingerprint density at radius 2 is 2.08 bits per heavy atom. The standard InChI is InChI=1S/C17H24N4O4/c1-4-5-6-7-18-16(23)10-25-17(24)8-13-11(2)19-14-9-15(22)20-21(14)12(13)3/h9H,4-8,10H2,1-3H3,(H,18,23)(H,20,22). The van der Waals surface area contributed by atoms with Crippen molar-refractivity contribution in [3.8, 4) is 0 Å². The summed E-state index contributed by atoms with van der Waals surface area (Å²) in [6, 6.07) is 1.39. The van der Waals surface area contributed by atoms with E-state index in [0.29, 0.717) is 29.1 Å². The molecule has 25 heavy (non-hydrogen) atoms. The lowest BCUT2D eigenvalue weighted by Crippen LogP contribution is -2.30. The molecule has 0 spiro atoms. The van der Waals surface area contributed by atoms with Crippen LogP contribution in [0.25, 0.3) is 5.65 Å². The molecule has 0 aromatic carbocycles. The number of hydrogen-bond donors (Lipinski definition) is 2. The number of esters is 1. The Morgan fingerprint density at radius 1 is 1.32 bits per heavy atom. The zero-order valence-electron chi connectivity index (χ0n) is 14.8. The van der Waals surface area contributed by atoms with Crippen molar-refractivity contribution >= 4 is 17.5 Å². The molecule has 2 N–H and O–H groups in total. The molecule has 0 atom stereocenters. The van der Waals surface area contributed by atoms with Gasteiger partial charge >= 0.3 is 5.97 Å². The Balaban J connectivity index is 1.93. The number of fused-ring (bicyclic) bond motifs is 1. The van der Waals surface area contributed by atoms with E-state index < -0.39 is 5.97 Å². The number of aryl methyl sites for hydroxylation is 2. The third-order valence-corrected chi connectivity index (χ3v) is 3.99. The number of aromatic amines is 1. The number of carbonyl (C=O) groups is 2. The fraction of sp³-hybridized carbons (Fsp3) is 0.529. The van der Waals surface area contributed by atoms with Gasteiger partial charge in [-0.2, -0.15) is 0 Å². The largest absolute Gasteiger partial charge is 0.455 e. The maximum Gasteiger partial charge on any atom is 0.310 e. The van der Waals surface area contributed by atoms with Crippen LogP contribution in [0.3, 0.4) is 0 Å². The molecule has 1 amide bonds. The maximum absolute atomic E-state index is 12.0. The number of rotatable bonds is 8. The van der Waals surface area contributed by atoms with E-state index in [-0.39, 0.29) is 24.5 Å². The van der Waals surface area contributed by atoms with Gasteiger partial charge in [-0.25, -0.2) is 9.50 Å². The number of nitrogens with one attached hydrogen (secondary N) is 2. The van der Waals surface area contributed by atoms with E-state index in [9.17, 15) is 14.4 Å². The first-order valence-electron chi connectivity index (χ1n) is 8.42. The normalized spacial score (nSPS) is 10.8. The molecule has 0 unspecified atom stereocenters. The minimum atomic E-state index is -0.509. The summed E-state index contributed by atoms with van der Waals surface area (Å²) in [5, 5.41) is 5.35. The van der Waals surface area contributed by atoms with Crippen LogP contribution in [0, 0.1) is 13.8 Å². The fourth-order valence-corrected chi connectivity index (χ4v) is 2.61. The lowest BCUT2D eigenvalue weighted by Gasteiger charge is -2.11. The molecule has 8 heteroatoms. The average Bonchev–Trinajstić information content (AvgIpc) is 2.94. The van der Waals surface area contributed by atoms with E-state index in [1.54, 1.807) is 18.4 Å². The molecule has 136 valence electrons.